The Hall–Kier alpha value is -2.70. The Morgan fingerprint density at radius 2 is 1.89 bits per heavy atom. The van der Waals surface area contributed by atoms with Crippen LogP contribution in [0.15, 0.2) is 52.9 Å². The van der Waals surface area contributed by atoms with Gasteiger partial charge < -0.3 is 0 Å². The molecule has 0 bridgehead atoms. The molecular formula is C20H19ClN4OS. The molecule has 0 aliphatic heterocycles. The second-order valence-corrected chi connectivity index (χ2v) is 7.24. The van der Waals surface area contributed by atoms with E-state index in [0.29, 0.717) is 21.5 Å². The van der Waals surface area contributed by atoms with Crippen molar-refractivity contribution in [1.82, 2.24) is 4.98 Å². The Balaban J connectivity index is 1.84. The standard InChI is InChI=1S/C20H19ClN4OS/c1-13-7-6-8-14(2)19(13)25(15(3)26)20-23-16(12-27-20)11-22-24-18-10-5-4-9-17(18)21/h4-12,24H,1-3H3/b22-11-. The SMILES string of the molecule is CC(=O)N(c1nc(/C=N\Nc2ccccc2Cl)cs1)c1c(C)cccc1C. The van der Waals surface area contributed by atoms with Gasteiger partial charge in [-0.05, 0) is 37.1 Å². The number of carbonyl (C=O) groups is 1. The molecule has 0 unspecified atom stereocenters. The number of hydrazone groups is 1. The Morgan fingerprint density at radius 1 is 1.19 bits per heavy atom. The quantitative estimate of drug-likeness (QED) is 0.453. The van der Waals surface area contributed by atoms with E-state index >= 15 is 0 Å². The summed E-state index contributed by atoms with van der Waals surface area (Å²) in [5.41, 5.74) is 7.19. The number of aromatic nitrogens is 1. The molecule has 1 heterocycles. The first-order chi connectivity index (χ1) is 13.0. The highest BCUT2D eigenvalue weighted by atomic mass is 35.5. The fourth-order valence-corrected chi connectivity index (χ4v) is 3.71. The van der Waals surface area contributed by atoms with Gasteiger partial charge in [0, 0.05) is 12.3 Å². The monoisotopic (exact) mass is 398 g/mol. The highest BCUT2D eigenvalue weighted by Crippen LogP contribution is 2.33. The first kappa shape index (κ1) is 19.1. The van der Waals surface area contributed by atoms with Crippen LogP contribution in [-0.2, 0) is 4.79 Å². The number of carbonyl (C=O) groups excluding carboxylic acids is 1. The number of nitrogens with zero attached hydrogens (tertiary/aromatic N) is 3. The number of nitrogens with one attached hydrogen (secondary N) is 1. The third kappa shape index (κ3) is 4.35. The third-order valence-corrected chi connectivity index (χ3v) is 5.11. The Bertz CT molecular complexity index is 979. The molecule has 0 radical (unpaired) electrons. The number of anilines is 3. The molecule has 0 fully saturated rings. The van der Waals surface area contributed by atoms with E-state index in [2.05, 4.69) is 15.5 Å². The average molecular weight is 399 g/mol. The van der Waals surface area contributed by atoms with Crippen LogP contribution in [0.5, 0.6) is 0 Å². The van der Waals surface area contributed by atoms with Gasteiger partial charge >= 0.3 is 0 Å². The largest absolute Gasteiger partial charge is 0.277 e. The van der Waals surface area contributed by atoms with Crippen LogP contribution >= 0.6 is 22.9 Å². The van der Waals surface area contributed by atoms with Crippen LogP contribution in [0.2, 0.25) is 5.02 Å². The number of para-hydroxylation sites is 2. The lowest BCUT2D eigenvalue weighted by atomic mass is 10.1. The van der Waals surface area contributed by atoms with Gasteiger partial charge in [-0.2, -0.15) is 5.10 Å². The van der Waals surface area contributed by atoms with Crippen molar-refractivity contribution in [2.45, 2.75) is 20.8 Å². The zero-order valence-electron chi connectivity index (χ0n) is 15.2. The van der Waals surface area contributed by atoms with E-state index in [-0.39, 0.29) is 5.91 Å². The maximum absolute atomic E-state index is 12.3. The lowest BCUT2D eigenvalue weighted by Crippen LogP contribution is -2.24. The van der Waals surface area contributed by atoms with Crippen molar-refractivity contribution in [3.05, 3.63) is 69.7 Å². The number of halogens is 1. The molecule has 7 heteroatoms. The van der Waals surface area contributed by atoms with Gasteiger partial charge in [0.1, 0.15) is 0 Å². The minimum Gasteiger partial charge on any atom is -0.277 e. The second kappa shape index (κ2) is 8.33. The van der Waals surface area contributed by atoms with E-state index in [1.807, 2.05) is 55.6 Å². The van der Waals surface area contributed by atoms with E-state index in [1.54, 1.807) is 24.1 Å². The molecule has 1 amide bonds. The molecular weight excluding hydrogens is 380 g/mol. The number of thiazole rings is 1. The number of hydrogen-bond donors (Lipinski definition) is 1. The van der Waals surface area contributed by atoms with E-state index in [4.69, 9.17) is 11.6 Å². The predicted octanol–water partition coefficient (Wildman–Crippen LogP) is 5.54. The van der Waals surface area contributed by atoms with Gasteiger partial charge in [0.05, 0.1) is 28.3 Å². The van der Waals surface area contributed by atoms with Crippen molar-refractivity contribution in [2.75, 3.05) is 10.3 Å². The summed E-state index contributed by atoms with van der Waals surface area (Å²) < 4.78 is 0. The molecule has 0 spiro atoms. The first-order valence-corrected chi connectivity index (χ1v) is 9.59. The summed E-state index contributed by atoms with van der Waals surface area (Å²) in [5, 5.41) is 7.24. The number of aryl methyl sites for hydroxylation is 2. The molecule has 1 aromatic heterocycles. The topological polar surface area (TPSA) is 57.6 Å². The van der Waals surface area contributed by atoms with Gasteiger partial charge in [0.15, 0.2) is 5.13 Å². The zero-order valence-corrected chi connectivity index (χ0v) is 16.8. The van der Waals surface area contributed by atoms with Crippen LogP contribution in [0.1, 0.15) is 23.7 Å². The lowest BCUT2D eigenvalue weighted by Gasteiger charge is -2.22. The van der Waals surface area contributed by atoms with Crippen LogP contribution in [0.3, 0.4) is 0 Å². The molecule has 0 saturated heterocycles. The maximum Gasteiger partial charge on any atom is 0.230 e. The minimum atomic E-state index is -0.0839. The normalized spacial score (nSPS) is 11.0. The van der Waals surface area contributed by atoms with Crippen LogP contribution in [0.4, 0.5) is 16.5 Å². The van der Waals surface area contributed by atoms with E-state index < -0.39 is 0 Å². The van der Waals surface area contributed by atoms with Gasteiger partial charge in [0.25, 0.3) is 0 Å². The molecule has 0 aliphatic rings. The number of hydrogen-bond acceptors (Lipinski definition) is 5. The zero-order chi connectivity index (χ0) is 19.4. The van der Waals surface area contributed by atoms with Crippen molar-refractivity contribution >= 4 is 51.6 Å². The summed E-state index contributed by atoms with van der Waals surface area (Å²) in [4.78, 5) is 18.5. The smallest absolute Gasteiger partial charge is 0.230 e. The van der Waals surface area contributed by atoms with Gasteiger partial charge in [-0.15, -0.1) is 11.3 Å². The van der Waals surface area contributed by atoms with E-state index in [0.717, 1.165) is 16.8 Å². The minimum absolute atomic E-state index is 0.0839. The molecule has 0 atom stereocenters. The van der Waals surface area contributed by atoms with Gasteiger partial charge in [-0.25, -0.2) is 4.98 Å². The lowest BCUT2D eigenvalue weighted by molar-refractivity contribution is -0.115. The van der Waals surface area contributed by atoms with Gasteiger partial charge in [0.2, 0.25) is 5.91 Å². The third-order valence-electron chi connectivity index (χ3n) is 3.93. The fourth-order valence-electron chi connectivity index (χ4n) is 2.70. The molecule has 3 rings (SSSR count). The fraction of sp³-hybridized carbons (Fsp3) is 0.150. The molecule has 5 nitrogen and oxygen atoms in total. The summed E-state index contributed by atoms with van der Waals surface area (Å²) in [6.45, 7) is 5.52. The van der Waals surface area contributed by atoms with Crippen LogP contribution in [0.25, 0.3) is 0 Å². The summed E-state index contributed by atoms with van der Waals surface area (Å²) in [5.74, 6) is -0.0839. The molecule has 1 N–H and O–H groups in total. The second-order valence-electron chi connectivity index (χ2n) is 6.00. The molecule has 3 aromatic rings. The summed E-state index contributed by atoms with van der Waals surface area (Å²) >= 11 is 7.49. The average Bonchev–Trinajstić information content (AvgIpc) is 3.08. The highest BCUT2D eigenvalue weighted by molar-refractivity contribution is 7.14. The number of amides is 1. The predicted molar refractivity (Wildman–Crippen MR) is 114 cm³/mol. The van der Waals surface area contributed by atoms with Crippen molar-refractivity contribution in [3.63, 3.8) is 0 Å². The van der Waals surface area contributed by atoms with E-state index in [1.165, 1.54) is 11.3 Å². The van der Waals surface area contributed by atoms with Crippen LogP contribution < -0.4 is 10.3 Å². The van der Waals surface area contributed by atoms with Gasteiger partial charge in [-0.1, -0.05) is 41.9 Å². The number of benzene rings is 2. The maximum atomic E-state index is 12.3. The molecule has 2 aromatic carbocycles. The highest BCUT2D eigenvalue weighted by Gasteiger charge is 2.21. The van der Waals surface area contributed by atoms with Crippen molar-refractivity contribution in [3.8, 4) is 0 Å². The van der Waals surface area contributed by atoms with Crippen molar-refractivity contribution < 1.29 is 4.79 Å². The molecule has 27 heavy (non-hydrogen) atoms. The number of rotatable bonds is 5. The first-order valence-electron chi connectivity index (χ1n) is 8.33. The molecule has 138 valence electrons. The Kier molecular flexibility index (Phi) is 5.88. The van der Waals surface area contributed by atoms with E-state index in [9.17, 15) is 4.79 Å². The van der Waals surface area contributed by atoms with Crippen LogP contribution in [-0.4, -0.2) is 17.1 Å². The van der Waals surface area contributed by atoms with Crippen LogP contribution in [0, 0.1) is 13.8 Å². The Labute approximate surface area is 167 Å². The Morgan fingerprint density at radius 3 is 2.56 bits per heavy atom. The summed E-state index contributed by atoms with van der Waals surface area (Å²) in [6.07, 6.45) is 1.60. The summed E-state index contributed by atoms with van der Waals surface area (Å²) in [7, 11) is 0. The van der Waals surface area contributed by atoms with Crippen molar-refractivity contribution in [1.29, 1.82) is 0 Å². The van der Waals surface area contributed by atoms with Crippen molar-refractivity contribution in [2.24, 2.45) is 5.10 Å². The van der Waals surface area contributed by atoms with Gasteiger partial charge in [-0.3, -0.25) is 15.1 Å². The molecule has 0 saturated carbocycles. The molecule has 0 aliphatic carbocycles. The summed E-state index contributed by atoms with van der Waals surface area (Å²) in [6, 6.07) is 13.3.